The van der Waals surface area contributed by atoms with Gasteiger partial charge in [-0.05, 0) is 36.8 Å². The smallest absolute Gasteiger partial charge is 0.255 e. The summed E-state index contributed by atoms with van der Waals surface area (Å²) in [6.07, 6.45) is 2.51. The Morgan fingerprint density at radius 3 is 2.54 bits per heavy atom. The molecule has 0 amide bonds. The number of pyridine rings is 1. The largest absolute Gasteiger partial charge is 0.491 e. The Bertz CT molecular complexity index is 796. The summed E-state index contributed by atoms with van der Waals surface area (Å²) in [6.45, 7) is 3.59. The van der Waals surface area contributed by atoms with Crippen LogP contribution in [0.5, 0.6) is 11.5 Å². The standard InChI is InChI=1S/C21H25F2N3O2/c1-14(24)15-2-4-17(5-3-15)28-19-8-9-26(12-19)20-7-6-18(11-25-20)27-13-16-10-21(16,22)23/h2-7,11,14,16,19H,8-10,12-13,24H2,1H3/t14-,16-,19+/m0/s1. The van der Waals surface area contributed by atoms with E-state index in [2.05, 4.69) is 9.88 Å². The molecule has 7 heteroatoms. The number of nitrogens with two attached hydrogens (primary N) is 1. The van der Waals surface area contributed by atoms with Gasteiger partial charge < -0.3 is 20.1 Å². The number of nitrogens with zero attached hydrogens (tertiary/aromatic N) is 2. The maximum Gasteiger partial charge on any atom is 0.255 e. The predicted molar refractivity (Wildman–Crippen MR) is 103 cm³/mol. The van der Waals surface area contributed by atoms with Crippen molar-refractivity contribution in [1.82, 2.24) is 4.98 Å². The van der Waals surface area contributed by atoms with Crippen LogP contribution in [-0.2, 0) is 0 Å². The van der Waals surface area contributed by atoms with Gasteiger partial charge in [-0.1, -0.05) is 12.1 Å². The summed E-state index contributed by atoms with van der Waals surface area (Å²) in [7, 11) is 0. The third kappa shape index (κ3) is 4.35. The number of alkyl halides is 2. The summed E-state index contributed by atoms with van der Waals surface area (Å²) in [4.78, 5) is 6.56. The Kier molecular flexibility index (Phi) is 5.10. The van der Waals surface area contributed by atoms with Gasteiger partial charge in [0.05, 0.1) is 25.3 Å². The quantitative estimate of drug-likeness (QED) is 0.781. The molecule has 2 aliphatic rings. The second-order valence-electron chi connectivity index (χ2n) is 7.66. The van der Waals surface area contributed by atoms with Crippen LogP contribution in [0.15, 0.2) is 42.6 Å². The van der Waals surface area contributed by atoms with Crippen molar-refractivity contribution in [3.63, 3.8) is 0 Å². The van der Waals surface area contributed by atoms with Gasteiger partial charge in [0.1, 0.15) is 23.4 Å². The van der Waals surface area contributed by atoms with Gasteiger partial charge in [-0.15, -0.1) is 0 Å². The lowest BCUT2D eigenvalue weighted by atomic mass is 10.1. The fourth-order valence-electron chi connectivity index (χ4n) is 3.37. The van der Waals surface area contributed by atoms with E-state index in [0.29, 0.717) is 5.75 Å². The molecule has 2 fully saturated rings. The molecule has 0 spiro atoms. The first kappa shape index (κ1) is 18.9. The summed E-state index contributed by atoms with van der Waals surface area (Å²) < 4.78 is 37.3. The Labute approximate surface area is 163 Å². The third-order valence-corrected chi connectivity index (χ3v) is 5.31. The zero-order valence-electron chi connectivity index (χ0n) is 15.9. The van der Waals surface area contributed by atoms with Crippen LogP contribution < -0.4 is 20.1 Å². The highest BCUT2D eigenvalue weighted by molar-refractivity contribution is 5.42. The van der Waals surface area contributed by atoms with Crippen molar-refractivity contribution < 1.29 is 18.3 Å². The van der Waals surface area contributed by atoms with Crippen LogP contribution in [-0.4, -0.2) is 36.7 Å². The van der Waals surface area contributed by atoms with Crippen LogP contribution in [0, 0.1) is 5.92 Å². The summed E-state index contributed by atoms with van der Waals surface area (Å²) in [5.41, 5.74) is 6.95. The van der Waals surface area contributed by atoms with E-state index in [1.165, 1.54) is 0 Å². The molecular formula is C21H25F2N3O2. The fourth-order valence-corrected chi connectivity index (χ4v) is 3.37. The number of rotatable bonds is 7. The van der Waals surface area contributed by atoms with Gasteiger partial charge in [-0.3, -0.25) is 0 Å². The molecule has 1 saturated carbocycles. The summed E-state index contributed by atoms with van der Waals surface area (Å²) in [5, 5.41) is 0. The molecule has 0 radical (unpaired) electrons. The van der Waals surface area contributed by atoms with Crippen LogP contribution >= 0.6 is 0 Å². The minimum Gasteiger partial charge on any atom is -0.491 e. The van der Waals surface area contributed by atoms with Crippen LogP contribution in [0.4, 0.5) is 14.6 Å². The number of halogens is 2. The average Bonchev–Trinajstić information content (AvgIpc) is 3.06. The first-order valence-electron chi connectivity index (χ1n) is 9.64. The highest BCUT2D eigenvalue weighted by Crippen LogP contribution is 2.48. The second kappa shape index (κ2) is 7.54. The van der Waals surface area contributed by atoms with Crippen LogP contribution in [0.25, 0.3) is 0 Å². The van der Waals surface area contributed by atoms with E-state index in [9.17, 15) is 8.78 Å². The second-order valence-corrected chi connectivity index (χ2v) is 7.66. The van der Waals surface area contributed by atoms with Crippen molar-refractivity contribution in [3.8, 4) is 11.5 Å². The third-order valence-electron chi connectivity index (χ3n) is 5.31. The first-order valence-corrected chi connectivity index (χ1v) is 9.64. The van der Waals surface area contributed by atoms with E-state index in [0.717, 1.165) is 36.6 Å². The lowest BCUT2D eigenvalue weighted by Crippen LogP contribution is -2.25. The maximum atomic E-state index is 12.9. The minimum absolute atomic E-state index is 0.00909. The van der Waals surface area contributed by atoms with Gasteiger partial charge in [0.15, 0.2) is 0 Å². The van der Waals surface area contributed by atoms with E-state index in [1.54, 1.807) is 12.3 Å². The summed E-state index contributed by atoms with van der Waals surface area (Å²) >= 11 is 0. The molecule has 2 heterocycles. The molecule has 0 bridgehead atoms. The molecular weight excluding hydrogens is 364 g/mol. The number of aromatic nitrogens is 1. The van der Waals surface area contributed by atoms with Crippen molar-refractivity contribution in [2.24, 2.45) is 11.7 Å². The van der Waals surface area contributed by atoms with Crippen molar-refractivity contribution in [3.05, 3.63) is 48.2 Å². The Morgan fingerprint density at radius 2 is 1.93 bits per heavy atom. The lowest BCUT2D eigenvalue weighted by molar-refractivity contribution is 0.0855. The van der Waals surface area contributed by atoms with E-state index >= 15 is 0 Å². The molecule has 0 unspecified atom stereocenters. The Morgan fingerprint density at radius 1 is 1.21 bits per heavy atom. The number of benzene rings is 1. The van der Waals surface area contributed by atoms with Crippen molar-refractivity contribution in [1.29, 1.82) is 0 Å². The molecule has 1 aromatic carbocycles. The highest BCUT2D eigenvalue weighted by atomic mass is 19.3. The Hall–Kier alpha value is -2.41. The molecule has 2 N–H and O–H groups in total. The molecule has 1 aliphatic carbocycles. The van der Waals surface area contributed by atoms with Gasteiger partial charge in [0.2, 0.25) is 0 Å². The van der Waals surface area contributed by atoms with Gasteiger partial charge in [0.25, 0.3) is 5.92 Å². The molecule has 28 heavy (non-hydrogen) atoms. The molecule has 4 rings (SSSR count). The first-order chi connectivity index (χ1) is 13.4. The van der Waals surface area contributed by atoms with Crippen molar-refractivity contribution in [2.45, 2.75) is 37.8 Å². The average molecular weight is 389 g/mol. The van der Waals surface area contributed by atoms with Crippen LogP contribution in [0.1, 0.15) is 31.4 Å². The highest BCUT2D eigenvalue weighted by Gasteiger charge is 2.57. The van der Waals surface area contributed by atoms with E-state index in [1.807, 2.05) is 37.3 Å². The number of hydrogen-bond acceptors (Lipinski definition) is 5. The SMILES string of the molecule is C[C@H](N)c1ccc(O[C@@H]2CCN(c3ccc(OC[C@@H]4CC4(F)F)cn3)C2)cc1. The maximum absolute atomic E-state index is 12.9. The molecule has 1 aromatic heterocycles. The van der Waals surface area contributed by atoms with E-state index in [-0.39, 0.29) is 25.2 Å². The van der Waals surface area contributed by atoms with Gasteiger partial charge in [0, 0.05) is 25.4 Å². The Balaban J connectivity index is 1.27. The van der Waals surface area contributed by atoms with Crippen molar-refractivity contribution in [2.75, 3.05) is 24.6 Å². The zero-order valence-corrected chi connectivity index (χ0v) is 15.9. The fraction of sp³-hybridized carbons (Fsp3) is 0.476. The zero-order chi connectivity index (χ0) is 19.7. The lowest BCUT2D eigenvalue weighted by Gasteiger charge is -2.18. The number of hydrogen-bond donors (Lipinski definition) is 1. The number of ether oxygens (including phenoxy) is 2. The minimum atomic E-state index is -2.55. The summed E-state index contributed by atoms with van der Waals surface area (Å²) in [6, 6.07) is 11.5. The topological polar surface area (TPSA) is 60.6 Å². The van der Waals surface area contributed by atoms with E-state index in [4.69, 9.17) is 15.2 Å². The normalized spacial score (nSPS) is 24.1. The predicted octanol–water partition coefficient (Wildman–Crippen LogP) is 3.79. The van der Waals surface area contributed by atoms with Gasteiger partial charge >= 0.3 is 0 Å². The molecule has 5 nitrogen and oxygen atoms in total. The number of anilines is 1. The van der Waals surface area contributed by atoms with Gasteiger partial charge in [-0.25, -0.2) is 13.8 Å². The van der Waals surface area contributed by atoms with Crippen LogP contribution in [0.2, 0.25) is 0 Å². The van der Waals surface area contributed by atoms with Gasteiger partial charge in [-0.2, -0.15) is 0 Å². The molecule has 1 saturated heterocycles. The molecule has 150 valence electrons. The monoisotopic (exact) mass is 389 g/mol. The molecule has 3 atom stereocenters. The molecule has 1 aliphatic heterocycles. The summed E-state index contributed by atoms with van der Waals surface area (Å²) in [5.74, 6) is -1.02. The van der Waals surface area contributed by atoms with Crippen LogP contribution in [0.3, 0.4) is 0 Å². The molecule has 2 aromatic rings. The van der Waals surface area contributed by atoms with Crippen molar-refractivity contribution >= 4 is 5.82 Å². The van der Waals surface area contributed by atoms with E-state index < -0.39 is 11.8 Å².